The van der Waals surface area contributed by atoms with Crippen LogP contribution in [-0.2, 0) is 0 Å². The first-order valence-electron chi connectivity index (χ1n) is 3.89. The SMILES string of the molecule is Cc1cc2c(cc1[N+](=O)[O-])[N]C(=O)N2. The lowest BCUT2D eigenvalue weighted by molar-refractivity contribution is -0.385. The van der Waals surface area contributed by atoms with Gasteiger partial charge in [-0.15, -0.1) is 0 Å². The number of benzene rings is 1. The Morgan fingerprint density at radius 2 is 2.21 bits per heavy atom. The second-order valence-electron chi connectivity index (χ2n) is 2.95. The lowest BCUT2D eigenvalue weighted by Gasteiger charge is -1.99. The number of anilines is 1. The quantitative estimate of drug-likeness (QED) is 0.542. The smallest absolute Gasteiger partial charge is 0.304 e. The van der Waals surface area contributed by atoms with Crippen molar-refractivity contribution in [3.63, 3.8) is 0 Å². The van der Waals surface area contributed by atoms with E-state index in [1.54, 1.807) is 13.0 Å². The van der Waals surface area contributed by atoms with Crippen molar-refractivity contribution in [2.45, 2.75) is 6.92 Å². The van der Waals surface area contributed by atoms with E-state index in [2.05, 4.69) is 10.6 Å². The van der Waals surface area contributed by atoms with E-state index in [0.29, 0.717) is 16.9 Å². The van der Waals surface area contributed by atoms with Crippen molar-refractivity contribution >= 4 is 23.1 Å². The maximum absolute atomic E-state index is 10.8. The molecule has 0 unspecified atom stereocenters. The van der Waals surface area contributed by atoms with Crippen molar-refractivity contribution in [1.82, 2.24) is 5.32 Å². The van der Waals surface area contributed by atoms with Gasteiger partial charge in [0.25, 0.3) is 5.69 Å². The van der Waals surface area contributed by atoms with E-state index >= 15 is 0 Å². The molecular weight excluding hydrogens is 186 g/mol. The van der Waals surface area contributed by atoms with Crippen molar-refractivity contribution in [2.75, 3.05) is 5.32 Å². The van der Waals surface area contributed by atoms with Crippen molar-refractivity contribution in [3.8, 4) is 0 Å². The molecule has 6 nitrogen and oxygen atoms in total. The predicted octanol–water partition coefficient (Wildman–Crippen LogP) is 1.68. The van der Waals surface area contributed by atoms with Gasteiger partial charge in [-0.25, -0.2) is 4.79 Å². The molecule has 0 fully saturated rings. The van der Waals surface area contributed by atoms with Crippen molar-refractivity contribution in [1.29, 1.82) is 0 Å². The Hall–Kier alpha value is -2.11. The zero-order chi connectivity index (χ0) is 10.3. The van der Waals surface area contributed by atoms with Crippen LogP contribution in [0.3, 0.4) is 0 Å². The van der Waals surface area contributed by atoms with Crippen LogP contribution in [0.4, 0.5) is 21.9 Å². The lowest BCUT2D eigenvalue weighted by atomic mass is 10.1. The Morgan fingerprint density at radius 1 is 1.50 bits per heavy atom. The molecule has 1 aromatic carbocycles. The van der Waals surface area contributed by atoms with Crippen LogP contribution in [0.15, 0.2) is 12.1 Å². The molecule has 0 saturated heterocycles. The highest BCUT2D eigenvalue weighted by molar-refractivity contribution is 6.02. The number of nitro groups is 1. The number of aryl methyl sites for hydroxylation is 1. The molecule has 1 aliphatic rings. The molecule has 2 amide bonds. The molecule has 6 heteroatoms. The molecule has 0 spiro atoms. The number of hydrogen-bond donors (Lipinski definition) is 1. The van der Waals surface area contributed by atoms with Crippen LogP contribution >= 0.6 is 0 Å². The molecule has 0 bridgehead atoms. The Morgan fingerprint density at radius 3 is 2.86 bits per heavy atom. The van der Waals surface area contributed by atoms with Gasteiger partial charge in [0.05, 0.1) is 16.3 Å². The fraction of sp³-hybridized carbons (Fsp3) is 0.125. The van der Waals surface area contributed by atoms with Crippen molar-refractivity contribution in [2.24, 2.45) is 0 Å². The molecule has 1 radical (unpaired) electrons. The van der Waals surface area contributed by atoms with Gasteiger partial charge in [-0.3, -0.25) is 10.1 Å². The van der Waals surface area contributed by atoms with Gasteiger partial charge in [-0.2, -0.15) is 5.32 Å². The molecule has 0 atom stereocenters. The summed E-state index contributed by atoms with van der Waals surface area (Å²) in [7, 11) is 0. The number of nitrogens with zero attached hydrogens (tertiary/aromatic N) is 2. The van der Waals surface area contributed by atoms with Gasteiger partial charge < -0.3 is 5.32 Å². The third-order valence-electron chi connectivity index (χ3n) is 1.97. The number of rotatable bonds is 1. The summed E-state index contributed by atoms with van der Waals surface area (Å²) in [4.78, 5) is 20.9. The molecule has 0 saturated carbocycles. The number of amides is 2. The van der Waals surface area contributed by atoms with Crippen LogP contribution in [0.5, 0.6) is 0 Å². The van der Waals surface area contributed by atoms with Gasteiger partial charge >= 0.3 is 6.03 Å². The molecule has 71 valence electrons. The minimum Gasteiger partial charge on any atom is -0.304 e. The number of fused-ring (bicyclic) bond motifs is 1. The first-order chi connectivity index (χ1) is 6.58. The van der Waals surface area contributed by atoms with E-state index < -0.39 is 11.0 Å². The van der Waals surface area contributed by atoms with Crippen LogP contribution in [0.2, 0.25) is 0 Å². The molecule has 0 aromatic heterocycles. The summed E-state index contributed by atoms with van der Waals surface area (Å²) in [6, 6.07) is 2.35. The molecule has 1 aromatic rings. The van der Waals surface area contributed by atoms with E-state index in [1.807, 2.05) is 0 Å². The lowest BCUT2D eigenvalue weighted by Crippen LogP contribution is -2.08. The zero-order valence-electron chi connectivity index (χ0n) is 7.27. The van der Waals surface area contributed by atoms with Crippen LogP contribution in [0.25, 0.3) is 0 Å². The van der Waals surface area contributed by atoms with Crippen LogP contribution in [0, 0.1) is 17.0 Å². The highest BCUT2D eigenvalue weighted by atomic mass is 16.6. The normalized spacial score (nSPS) is 13.1. The number of carbonyl (C=O) groups excluding carboxylic acids is 1. The summed E-state index contributed by atoms with van der Waals surface area (Å²) in [6.07, 6.45) is 0. The summed E-state index contributed by atoms with van der Waals surface area (Å²) in [6.45, 7) is 1.61. The average molecular weight is 192 g/mol. The van der Waals surface area contributed by atoms with E-state index in [9.17, 15) is 14.9 Å². The van der Waals surface area contributed by atoms with Crippen LogP contribution in [-0.4, -0.2) is 11.0 Å². The van der Waals surface area contributed by atoms with Gasteiger partial charge in [0.1, 0.15) is 0 Å². The average Bonchev–Trinajstić information content (AvgIpc) is 2.42. The maximum Gasteiger partial charge on any atom is 0.346 e. The summed E-state index contributed by atoms with van der Waals surface area (Å²) < 4.78 is 0. The highest BCUT2D eigenvalue weighted by Crippen LogP contribution is 2.33. The fourth-order valence-corrected chi connectivity index (χ4v) is 1.33. The second-order valence-corrected chi connectivity index (χ2v) is 2.95. The van der Waals surface area contributed by atoms with Gasteiger partial charge in [0, 0.05) is 11.6 Å². The predicted molar refractivity (Wildman–Crippen MR) is 48.6 cm³/mol. The fourth-order valence-electron chi connectivity index (χ4n) is 1.33. The first kappa shape index (κ1) is 8.49. The Kier molecular flexibility index (Phi) is 1.63. The third-order valence-corrected chi connectivity index (χ3v) is 1.97. The maximum atomic E-state index is 10.8. The van der Waals surface area contributed by atoms with Crippen molar-refractivity contribution < 1.29 is 9.72 Å². The third kappa shape index (κ3) is 1.17. The molecule has 0 aliphatic carbocycles. The standard InChI is InChI=1S/C8H6N3O3/c1-4-2-5-6(10-8(12)9-5)3-7(4)11(13)14/h2-3H,1H3,(H,9,12). The van der Waals surface area contributed by atoms with Gasteiger partial charge in [0.15, 0.2) is 0 Å². The Balaban J connectivity index is 2.55. The minimum atomic E-state index is -0.492. The Bertz CT molecular complexity index is 442. The second kappa shape index (κ2) is 2.69. The monoisotopic (exact) mass is 192 g/mol. The van der Waals surface area contributed by atoms with E-state index in [-0.39, 0.29) is 5.69 Å². The van der Waals surface area contributed by atoms with E-state index in [4.69, 9.17) is 0 Å². The molecule has 1 N–H and O–H groups in total. The first-order valence-corrected chi connectivity index (χ1v) is 3.89. The number of nitrogens with one attached hydrogen (secondary N) is 1. The number of hydrogen-bond acceptors (Lipinski definition) is 3. The Labute approximate surface area is 79.1 Å². The van der Waals surface area contributed by atoms with E-state index in [1.165, 1.54) is 6.07 Å². The number of urea groups is 1. The summed E-state index contributed by atoms with van der Waals surface area (Å²) >= 11 is 0. The van der Waals surface area contributed by atoms with Gasteiger partial charge in [0.2, 0.25) is 0 Å². The highest BCUT2D eigenvalue weighted by Gasteiger charge is 2.23. The van der Waals surface area contributed by atoms with Gasteiger partial charge in [-0.05, 0) is 13.0 Å². The molecule has 1 aliphatic heterocycles. The number of nitro benzene ring substituents is 1. The van der Waals surface area contributed by atoms with Crippen molar-refractivity contribution in [3.05, 3.63) is 27.8 Å². The largest absolute Gasteiger partial charge is 0.346 e. The zero-order valence-corrected chi connectivity index (χ0v) is 7.27. The topological polar surface area (TPSA) is 86.3 Å². The summed E-state index contributed by atoms with van der Waals surface area (Å²) in [5.41, 5.74) is 1.33. The molecule has 1 heterocycles. The molecular formula is C8H6N3O3. The summed E-state index contributed by atoms with van der Waals surface area (Å²) in [5, 5.41) is 16.6. The molecule has 14 heavy (non-hydrogen) atoms. The minimum absolute atomic E-state index is 0.0241. The molecule has 2 rings (SSSR count). The summed E-state index contributed by atoms with van der Waals surface area (Å²) in [5.74, 6) is 0. The van der Waals surface area contributed by atoms with E-state index in [0.717, 1.165) is 0 Å². The van der Waals surface area contributed by atoms with Crippen LogP contribution < -0.4 is 10.6 Å². The van der Waals surface area contributed by atoms with Gasteiger partial charge in [-0.1, -0.05) is 0 Å². The van der Waals surface area contributed by atoms with Crippen LogP contribution in [0.1, 0.15) is 5.56 Å². The number of carbonyl (C=O) groups is 1.